The molecule has 2 rings (SSSR count). The van der Waals surface area contributed by atoms with Crippen LogP contribution in [0.15, 0.2) is 36.5 Å². The van der Waals surface area contributed by atoms with Crippen molar-refractivity contribution in [2.45, 2.75) is 447 Å². The Labute approximate surface area is 576 Å². The topological polar surface area (TPSA) is 228 Å². The maximum atomic E-state index is 13.4. The van der Waals surface area contributed by atoms with Crippen molar-refractivity contribution in [3.8, 4) is 0 Å². The fourth-order valence-electron chi connectivity index (χ4n) is 13.4. The Morgan fingerprint density at radius 3 is 1.06 bits per heavy atom. The molecule has 0 aromatic rings. The van der Waals surface area contributed by atoms with E-state index in [9.17, 15) is 45.6 Å². The van der Waals surface area contributed by atoms with Crippen molar-refractivity contribution in [2.75, 3.05) is 19.8 Å². The van der Waals surface area contributed by atoms with Gasteiger partial charge in [0.15, 0.2) is 12.6 Å². The average molecular weight is 1340 g/mol. The third-order valence-electron chi connectivity index (χ3n) is 19.8. The normalized spacial score (nSPS) is 22.6. The van der Waals surface area contributed by atoms with Crippen LogP contribution in [0.3, 0.4) is 0 Å². The van der Waals surface area contributed by atoms with Crippen molar-refractivity contribution in [1.82, 2.24) is 5.32 Å². The number of allylic oxidation sites excluding steroid dienone is 5. The van der Waals surface area contributed by atoms with Gasteiger partial charge in [0.05, 0.1) is 32.0 Å². The van der Waals surface area contributed by atoms with E-state index in [-0.39, 0.29) is 18.9 Å². The number of nitrogens with one attached hydrogen (secondary N) is 1. The summed E-state index contributed by atoms with van der Waals surface area (Å²) in [6.45, 7) is 2.85. The van der Waals surface area contributed by atoms with Crippen LogP contribution >= 0.6 is 0 Å². The molecular formula is C80H151NO13. The SMILES string of the molecule is CCCCCCC/C=C\C/C=C\CCCCCCCCCCCCCCCCCCCCCCCCCC(=O)NC(COC1OC(CO)C(OC2OC(CO)C(O)C(O)C2O)C(O)C1O)C(O)/C=C/CCCCCCCCCCCCCCCCCCCCCCCCC. The predicted molar refractivity (Wildman–Crippen MR) is 388 cm³/mol. The monoisotopic (exact) mass is 1330 g/mol. The molecule has 0 saturated carbocycles. The molecule has 2 saturated heterocycles. The van der Waals surface area contributed by atoms with Gasteiger partial charge in [0.2, 0.25) is 5.91 Å². The number of aliphatic hydroxyl groups is 8. The number of amides is 1. The molecule has 14 heteroatoms. The van der Waals surface area contributed by atoms with Crippen molar-refractivity contribution in [3.05, 3.63) is 36.5 Å². The van der Waals surface area contributed by atoms with Crippen LogP contribution in [0.4, 0.5) is 0 Å². The minimum Gasteiger partial charge on any atom is -0.394 e. The molecule has 0 radical (unpaired) electrons. The Morgan fingerprint density at radius 1 is 0.383 bits per heavy atom. The van der Waals surface area contributed by atoms with Crippen LogP contribution in [0.1, 0.15) is 373 Å². The van der Waals surface area contributed by atoms with Gasteiger partial charge in [-0.25, -0.2) is 0 Å². The Morgan fingerprint density at radius 2 is 0.702 bits per heavy atom. The lowest BCUT2D eigenvalue weighted by Gasteiger charge is -2.46. The Kier molecular flexibility index (Phi) is 60.7. The molecule has 1 amide bonds. The first-order valence-electron chi connectivity index (χ1n) is 40.2. The Bertz CT molecular complexity index is 1720. The zero-order valence-electron chi connectivity index (χ0n) is 60.7. The second kappa shape index (κ2) is 64.6. The highest BCUT2D eigenvalue weighted by atomic mass is 16.7. The maximum Gasteiger partial charge on any atom is 0.220 e. The van der Waals surface area contributed by atoms with Crippen molar-refractivity contribution in [3.63, 3.8) is 0 Å². The lowest BCUT2D eigenvalue weighted by molar-refractivity contribution is -0.359. The van der Waals surface area contributed by atoms with Crippen LogP contribution in [0.5, 0.6) is 0 Å². The number of unbranched alkanes of at least 4 members (excludes halogenated alkanes) is 51. The molecule has 554 valence electrons. The minimum atomic E-state index is -1.79. The second-order valence-electron chi connectivity index (χ2n) is 28.5. The highest BCUT2D eigenvalue weighted by Gasteiger charge is 2.51. The third kappa shape index (κ3) is 47.3. The number of aliphatic hydroxyl groups excluding tert-OH is 8. The van der Waals surface area contributed by atoms with E-state index < -0.39 is 86.8 Å². The lowest BCUT2D eigenvalue weighted by atomic mass is 9.97. The molecule has 14 nitrogen and oxygen atoms in total. The van der Waals surface area contributed by atoms with E-state index in [0.717, 1.165) is 44.9 Å². The predicted octanol–water partition coefficient (Wildman–Crippen LogP) is 18.0. The highest BCUT2D eigenvalue weighted by molar-refractivity contribution is 5.76. The molecule has 12 unspecified atom stereocenters. The first kappa shape index (κ1) is 88.3. The summed E-state index contributed by atoms with van der Waals surface area (Å²) in [4.78, 5) is 13.4. The van der Waals surface area contributed by atoms with Crippen LogP contribution in [-0.2, 0) is 23.7 Å². The van der Waals surface area contributed by atoms with Gasteiger partial charge in [-0.2, -0.15) is 0 Å². The molecule has 12 atom stereocenters. The summed E-state index contributed by atoms with van der Waals surface area (Å²) in [6, 6.07) is -0.914. The summed E-state index contributed by atoms with van der Waals surface area (Å²) >= 11 is 0. The second-order valence-corrected chi connectivity index (χ2v) is 28.5. The van der Waals surface area contributed by atoms with E-state index in [1.807, 2.05) is 6.08 Å². The number of ether oxygens (including phenoxy) is 4. The van der Waals surface area contributed by atoms with Crippen molar-refractivity contribution >= 4 is 5.91 Å². The summed E-state index contributed by atoms with van der Waals surface area (Å²) in [5.74, 6) is -0.231. The summed E-state index contributed by atoms with van der Waals surface area (Å²) in [6.07, 6.45) is 68.0. The molecule has 2 fully saturated rings. The van der Waals surface area contributed by atoms with Gasteiger partial charge < -0.3 is 65.1 Å². The average Bonchev–Trinajstić information content (AvgIpc) is 0.794. The zero-order valence-corrected chi connectivity index (χ0v) is 60.7. The Balaban J connectivity index is 1.60. The molecule has 2 heterocycles. The number of carbonyl (C=O) groups excluding carboxylic acids is 1. The van der Waals surface area contributed by atoms with Gasteiger partial charge in [-0.15, -0.1) is 0 Å². The van der Waals surface area contributed by atoms with Gasteiger partial charge in [-0.1, -0.05) is 352 Å². The zero-order chi connectivity index (χ0) is 68.0. The maximum absolute atomic E-state index is 13.4. The minimum absolute atomic E-state index is 0.231. The van der Waals surface area contributed by atoms with Gasteiger partial charge in [0.25, 0.3) is 0 Å². The van der Waals surface area contributed by atoms with Crippen molar-refractivity contribution < 1.29 is 64.6 Å². The molecule has 0 aromatic carbocycles. The van der Waals surface area contributed by atoms with Crippen LogP contribution in [0, 0.1) is 0 Å². The molecule has 2 aliphatic heterocycles. The van der Waals surface area contributed by atoms with Gasteiger partial charge in [0.1, 0.15) is 48.8 Å². The van der Waals surface area contributed by atoms with E-state index >= 15 is 0 Å². The smallest absolute Gasteiger partial charge is 0.220 e. The van der Waals surface area contributed by atoms with Crippen molar-refractivity contribution in [1.29, 1.82) is 0 Å². The molecule has 94 heavy (non-hydrogen) atoms. The quantitative estimate of drug-likeness (QED) is 0.0204. The molecule has 9 N–H and O–H groups in total. The fraction of sp³-hybridized carbons (Fsp3) is 0.912. The number of hydrogen-bond donors (Lipinski definition) is 9. The standard InChI is InChI=1S/C80H151NO13/c1-3-5-7-9-11-13-15-17-19-21-23-25-27-29-30-31-32-33-34-35-36-37-38-40-42-44-46-48-50-52-54-56-58-60-62-64-72(85)81-68(67-91-79-77(90)75(88)78(71(66-83)93-79)94-80-76(89)74(87)73(86)70(65-82)92-80)69(84)63-61-59-57-55-53-51-49-47-45-43-41-39-28-26-24-22-20-18-16-14-12-10-8-6-4-2/h15,17,21,23,61,63,68-71,73-80,82-84,86-90H,3-14,16,18-20,22,24-60,62,64-67H2,1-2H3,(H,81,85)/b17-15-,23-21-,63-61+. The highest BCUT2D eigenvalue weighted by Crippen LogP contribution is 2.30. The van der Waals surface area contributed by atoms with Crippen LogP contribution in [0.2, 0.25) is 0 Å². The van der Waals surface area contributed by atoms with Crippen LogP contribution in [0.25, 0.3) is 0 Å². The Hall–Kier alpha value is -1.79. The van der Waals surface area contributed by atoms with Crippen LogP contribution in [-0.4, -0.2) is 140 Å². The van der Waals surface area contributed by atoms with Crippen molar-refractivity contribution in [2.24, 2.45) is 0 Å². The molecule has 2 aliphatic rings. The van der Waals surface area contributed by atoms with E-state index in [1.165, 1.54) is 302 Å². The molecule has 0 spiro atoms. The van der Waals surface area contributed by atoms with E-state index in [2.05, 4.69) is 43.5 Å². The largest absolute Gasteiger partial charge is 0.394 e. The fourth-order valence-corrected chi connectivity index (χ4v) is 13.4. The van der Waals surface area contributed by atoms with Gasteiger partial charge in [-0.3, -0.25) is 4.79 Å². The van der Waals surface area contributed by atoms with Gasteiger partial charge in [0, 0.05) is 6.42 Å². The number of hydrogen-bond acceptors (Lipinski definition) is 13. The summed E-state index contributed by atoms with van der Waals surface area (Å²) in [5.41, 5.74) is 0. The summed E-state index contributed by atoms with van der Waals surface area (Å²) in [5, 5.41) is 87.7. The number of rotatable bonds is 68. The first-order chi connectivity index (χ1) is 46.1. The molecule has 0 bridgehead atoms. The van der Waals surface area contributed by atoms with E-state index in [0.29, 0.717) is 6.42 Å². The lowest BCUT2D eigenvalue weighted by Crippen LogP contribution is -2.65. The van der Waals surface area contributed by atoms with Gasteiger partial charge >= 0.3 is 0 Å². The van der Waals surface area contributed by atoms with Gasteiger partial charge in [-0.05, 0) is 51.4 Å². The molecule has 0 aromatic heterocycles. The summed E-state index contributed by atoms with van der Waals surface area (Å²) < 4.78 is 22.9. The first-order valence-corrected chi connectivity index (χ1v) is 40.2. The van der Waals surface area contributed by atoms with E-state index in [1.54, 1.807) is 6.08 Å². The number of carbonyl (C=O) groups is 1. The third-order valence-corrected chi connectivity index (χ3v) is 19.8. The molecule has 0 aliphatic carbocycles. The van der Waals surface area contributed by atoms with Crippen LogP contribution < -0.4 is 5.32 Å². The van der Waals surface area contributed by atoms with E-state index in [4.69, 9.17) is 18.9 Å². The molecular weight excluding hydrogens is 1180 g/mol. The summed E-state index contributed by atoms with van der Waals surface area (Å²) in [7, 11) is 0.